The summed E-state index contributed by atoms with van der Waals surface area (Å²) < 4.78 is 4.77. The molecule has 1 atom stereocenters. The number of nitrogens with zero attached hydrogens (tertiary/aromatic N) is 1. The van der Waals surface area contributed by atoms with Crippen LogP contribution in [0.15, 0.2) is 59.9 Å². The first kappa shape index (κ1) is 19.2. The fraction of sp³-hybridized carbons (Fsp3) is 0.143. The first-order valence-electron chi connectivity index (χ1n) is 9.17. The molecule has 0 spiro atoms. The van der Waals surface area contributed by atoms with Crippen LogP contribution in [0.3, 0.4) is 0 Å². The van der Waals surface area contributed by atoms with Crippen molar-refractivity contribution in [2.75, 3.05) is 12.4 Å². The molecule has 0 bridgehead atoms. The van der Waals surface area contributed by atoms with E-state index in [4.69, 9.17) is 4.74 Å². The van der Waals surface area contributed by atoms with Crippen molar-refractivity contribution in [3.05, 3.63) is 71.1 Å². The normalized spacial score (nSPS) is 16.1. The SMILES string of the molecule is COC(=O)c1cccc(C2NC(=O)NC(C)=C2C(=O)Nc2ccc3[nH]ncc3c2)c1. The van der Waals surface area contributed by atoms with Crippen molar-refractivity contribution < 1.29 is 19.1 Å². The number of esters is 1. The number of aromatic nitrogens is 2. The van der Waals surface area contributed by atoms with Gasteiger partial charge in [0.1, 0.15) is 0 Å². The maximum Gasteiger partial charge on any atom is 0.337 e. The Labute approximate surface area is 171 Å². The molecule has 1 aliphatic heterocycles. The number of ether oxygens (including phenoxy) is 1. The van der Waals surface area contributed by atoms with Gasteiger partial charge >= 0.3 is 12.0 Å². The molecule has 0 fully saturated rings. The number of hydrogen-bond acceptors (Lipinski definition) is 5. The number of nitrogens with one attached hydrogen (secondary N) is 4. The van der Waals surface area contributed by atoms with Gasteiger partial charge in [0.25, 0.3) is 5.91 Å². The molecule has 0 aliphatic carbocycles. The Balaban J connectivity index is 1.68. The van der Waals surface area contributed by atoms with Crippen molar-refractivity contribution in [2.24, 2.45) is 0 Å². The Morgan fingerprint density at radius 3 is 2.80 bits per heavy atom. The van der Waals surface area contributed by atoms with Gasteiger partial charge in [-0.3, -0.25) is 9.89 Å². The summed E-state index contributed by atoms with van der Waals surface area (Å²) in [6.45, 7) is 1.66. The van der Waals surface area contributed by atoms with Gasteiger partial charge in [-0.1, -0.05) is 12.1 Å². The third-order valence-electron chi connectivity index (χ3n) is 4.85. The first-order valence-corrected chi connectivity index (χ1v) is 9.17. The van der Waals surface area contributed by atoms with Crippen molar-refractivity contribution in [1.29, 1.82) is 0 Å². The Morgan fingerprint density at radius 1 is 1.17 bits per heavy atom. The number of allylic oxidation sites excluding steroid dienone is 1. The van der Waals surface area contributed by atoms with Crippen LogP contribution in [0.4, 0.5) is 10.5 Å². The van der Waals surface area contributed by atoms with Crippen LogP contribution in [0.5, 0.6) is 0 Å². The molecule has 0 radical (unpaired) electrons. The number of aromatic amines is 1. The van der Waals surface area contributed by atoms with Crippen LogP contribution in [-0.4, -0.2) is 35.2 Å². The molecule has 30 heavy (non-hydrogen) atoms. The summed E-state index contributed by atoms with van der Waals surface area (Å²) in [6.07, 6.45) is 1.67. The molecule has 4 N–H and O–H groups in total. The molecule has 1 unspecified atom stereocenters. The number of methoxy groups -OCH3 is 1. The molecular weight excluding hydrogens is 386 g/mol. The maximum atomic E-state index is 13.1. The third-order valence-corrected chi connectivity index (χ3v) is 4.85. The molecule has 3 amide bonds. The van der Waals surface area contributed by atoms with Crippen molar-refractivity contribution in [1.82, 2.24) is 20.8 Å². The lowest BCUT2D eigenvalue weighted by atomic mass is 9.93. The largest absolute Gasteiger partial charge is 0.465 e. The quantitative estimate of drug-likeness (QED) is 0.497. The van der Waals surface area contributed by atoms with Gasteiger partial charge in [0, 0.05) is 16.8 Å². The van der Waals surface area contributed by atoms with E-state index in [1.54, 1.807) is 49.5 Å². The van der Waals surface area contributed by atoms with E-state index < -0.39 is 18.0 Å². The highest BCUT2D eigenvalue weighted by Gasteiger charge is 2.31. The van der Waals surface area contributed by atoms with E-state index >= 15 is 0 Å². The van der Waals surface area contributed by atoms with Crippen LogP contribution in [0, 0.1) is 0 Å². The molecule has 2 heterocycles. The number of urea groups is 1. The minimum Gasteiger partial charge on any atom is -0.465 e. The van der Waals surface area contributed by atoms with E-state index in [0.717, 1.165) is 10.9 Å². The van der Waals surface area contributed by atoms with Gasteiger partial charge in [-0.25, -0.2) is 9.59 Å². The number of fused-ring (bicyclic) bond motifs is 1. The van der Waals surface area contributed by atoms with E-state index in [2.05, 4.69) is 26.1 Å². The van der Waals surface area contributed by atoms with Gasteiger partial charge in [0.15, 0.2) is 0 Å². The lowest BCUT2D eigenvalue weighted by Crippen LogP contribution is -2.46. The predicted octanol–water partition coefficient (Wildman–Crippen LogP) is 2.62. The Morgan fingerprint density at radius 2 is 2.00 bits per heavy atom. The van der Waals surface area contributed by atoms with Gasteiger partial charge in [-0.15, -0.1) is 0 Å². The summed E-state index contributed by atoms with van der Waals surface area (Å²) >= 11 is 0. The number of benzene rings is 2. The van der Waals surface area contributed by atoms with Crippen molar-refractivity contribution in [3.63, 3.8) is 0 Å². The topological polar surface area (TPSA) is 125 Å². The molecular formula is C21H19N5O4. The molecule has 2 aromatic carbocycles. The molecule has 3 aromatic rings. The summed E-state index contributed by atoms with van der Waals surface area (Å²) in [5.74, 6) is -0.881. The summed E-state index contributed by atoms with van der Waals surface area (Å²) in [6, 6.07) is 10.8. The molecule has 1 aromatic heterocycles. The second-order valence-electron chi connectivity index (χ2n) is 6.81. The summed E-state index contributed by atoms with van der Waals surface area (Å²) in [7, 11) is 1.29. The van der Waals surface area contributed by atoms with E-state index in [-0.39, 0.29) is 5.91 Å². The van der Waals surface area contributed by atoms with Crippen molar-refractivity contribution >= 4 is 34.5 Å². The van der Waals surface area contributed by atoms with E-state index in [0.29, 0.717) is 28.1 Å². The number of carbonyl (C=O) groups excluding carboxylic acids is 3. The lowest BCUT2D eigenvalue weighted by Gasteiger charge is -2.29. The molecule has 9 heteroatoms. The van der Waals surface area contributed by atoms with Gasteiger partial charge in [-0.05, 0) is 42.8 Å². The third kappa shape index (κ3) is 3.60. The molecule has 0 saturated heterocycles. The molecule has 152 valence electrons. The van der Waals surface area contributed by atoms with Crippen LogP contribution < -0.4 is 16.0 Å². The minimum atomic E-state index is -0.735. The number of anilines is 1. The average Bonchev–Trinajstić information content (AvgIpc) is 3.20. The number of carbonyl (C=O) groups is 3. The summed E-state index contributed by atoms with van der Waals surface area (Å²) in [5.41, 5.74) is 3.12. The van der Waals surface area contributed by atoms with Gasteiger partial charge in [0.05, 0.1) is 36.0 Å². The molecule has 4 rings (SSSR count). The average molecular weight is 405 g/mol. The smallest absolute Gasteiger partial charge is 0.337 e. The van der Waals surface area contributed by atoms with Crippen molar-refractivity contribution in [3.8, 4) is 0 Å². The molecule has 9 nitrogen and oxygen atoms in total. The maximum absolute atomic E-state index is 13.1. The van der Waals surface area contributed by atoms with Gasteiger partial charge < -0.3 is 20.7 Å². The van der Waals surface area contributed by atoms with Crippen LogP contribution in [0.25, 0.3) is 10.9 Å². The molecule has 0 saturated carbocycles. The van der Waals surface area contributed by atoms with E-state index in [1.165, 1.54) is 7.11 Å². The zero-order valence-electron chi connectivity index (χ0n) is 16.3. The lowest BCUT2D eigenvalue weighted by molar-refractivity contribution is -0.113. The van der Waals surface area contributed by atoms with Crippen molar-refractivity contribution in [2.45, 2.75) is 13.0 Å². The second kappa shape index (κ2) is 7.70. The van der Waals surface area contributed by atoms with Crippen LogP contribution >= 0.6 is 0 Å². The van der Waals surface area contributed by atoms with Gasteiger partial charge in [-0.2, -0.15) is 5.10 Å². The van der Waals surface area contributed by atoms with Crippen LogP contribution in [-0.2, 0) is 9.53 Å². The van der Waals surface area contributed by atoms with Crippen LogP contribution in [0.1, 0.15) is 28.9 Å². The monoisotopic (exact) mass is 405 g/mol. The second-order valence-corrected chi connectivity index (χ2v) is 6.81. The number of rotatable bonds is 4. The zero-order valence-corrected chi connectivity index (χ0v) is 16.3. The Hall–Kier alpha value is -4.14. The number of hydrogen-bond donors (Lipinski definition) is 4. The Bertz CT molecular complexity index is 1200. The zero-order chi connectivity index (χ0) is 21.3. The van der Waals surface area contributed by atoms with Crippen LogP contribution in [0.2, 0.25) is 0 Å². The fourth-order valence-electron chi connectivity index (χ4n) is 3.43. The molecule has 1 aliphatic rings. The highest BCUT2D eigenvalue weighted by atomic mass is 16.5. The fourth-order valence-corrected chi connectivity index (χ4v) is 3.43. The van der Waals surface area contributed by atoms with Gasteiger partial charge in [0.2, 0.25) is 0 Å². The number of amides is 3. The highest BCUT2D eigenvalue weighted by Crippen LogP contribution is 2.29. The number of H-pyrrole nitrogens is 1. The highest BCUT2D eigenvalue weighted by molar-refractivity contribution is 6.07. The van der Waals surface area contributed by atoms with E-state index in [9.17, 15) is 14.4 Å². The summed E-state index contributed by atoms with van der Waals surface area (Å²) in [5, 5.41) is 15.9. The predicted molar refractivity (Wildman–Crippen MR) is 110 cm³/mol. The Kier molecular flexibility index (Phi) is 4.93. The van der Waals surface area contributed by atoms with E-state index in [1.807, 2.05) is 6.07 Å². The summed E-state index contributed by atoms with van der Waals surface area (Å²) in [4.78, 5) is 37.1. The standard InChI is InChI=1S/C21H19N5O4/c1-11-17(19(27)24-15-6-7-16-14(9-15)10-22-26-16)18(25-21(29)23-11)12-4-3-5-13(8-12)20(28)30-2/h3-10,18H,1-2H3,(H,22,26)(H,24,27)(H2,23,25,29). The minimum absolute atomic E-state index is 0.325. The first-order chi connectivity index (χ1) is 14.5.